The van der Waals surface area contributed by atoms with Crippen molar-refractivity contribution in [1.82, 2.24) is 4.90 Å². The first-order chi connectivity index (χ1) is 13.1. The van der Waals surface area contributed by atoms with Gasteiger partial charge in [-0.3, -0.25) is 4.90 Å². The highest BCUT2D eigenvalue weighted by Gasteiger charge is 2.48. The molecule has 2 aliphatic rings. The lowest BCUT2D eigenvalue weighted by molar-refractivity contribution is -0.0595. The Hall–Kier alpha value is -2.35. The van der Waals surface area contributed by atoms with E-state index in [9.17, 15) is 9.50 Å². The van der Waals surface area contributed by atoms with Crippen molar-refractivity contribution in [1.29, 1.82) is 0 Å². The fourth-order valence-electron chi connectivity index (χ4n) is 4.60. The second kappa shape index (κ2) is 7.34. The van der Waals surface area contributed by atoms with Gasteiger partial charge in [-0.15, -0.1) is 6.42 Å². The van der Waals surface area contributed by atoms with Crippen molar-refractivity contribution in [3.63, 3.8) is 0 Å². The summed E-state index contributed by atoms with van der Waals surface area (Å²) in [6.45, 7) is 1.14. The third kappa shape index (κ3) is 3.71. The number of halogens is 1. The minimum Gasteiger partial charge on any atom is -0.481 e. The average molecular weight is 365 g/mol. The fraction of sp³-hybridized carbons (Fsp3) is 0.391. The summed E-state index contributed by atoms with van der Waals surface area (Å²) in [5.74, 6) is 2.98. The van der Waals surface area contributed by atoms with Gasteiger partial charge in [0.05, 0.1) is 5.60 Å². The molecule has 0 radical (unpaired) electrons. The number of rotatable bonds is 5. The number of aliphatic hydroxyl groups is 1. The van der Waals surface area contributed by atoms with Crippen molar-refractivity contribution in [2.24, 2.45) is 0 Å². The Morgan fingerprint density at radius 3 is 2.30 bits per heavy atom. The molecule has 2 bridgehead atoms. The predicted octanol–water partition coefficient (Wildman–Crippen LogP) is 3.85. The Balaban J connectivity index is 1.45. The quantitative estimate of drug-likeness (QED) is 0.817. The molecule has 2 saturated heterocycles. The van der Waals surface area contributed by atoms with Crippen LogP contribution in [0, 0.1) is 18.2 Å². The molecule has 3 nitrogen and oxygen atoms in total. The van der Waals surface area contributed by atoms with Gasteiger partial charge in [-0.25, -0.2) is 4.39 Å². The Morgan fingerprint density at radius 1 is 1.07 bits per heavy atom. The zero-order valence-electron chi connectivity index (χ0n) is 15.3. The molecule has 4 rings (SSSR count). The summed E-state index contributed by atoms with van der Waals surface area (Å²) in [5, 5.41) is 11.2. The van der Waals surface area contributed by atoms with E-state index in [0.29, 0.717) is 24.9 Å². The molecule has 0 aromatic heterocycles. The van der Waals surface area contributed by atoms with E-state index >= 15 is 0 Å². The number of ether oxygens (including phenoxy) is 1. The molecule has 2 aromatic carbocycles. The number of hydrogen-bond acceptors (Lipinski definition) is 3. The largest absolute Gasteiger partial charge is 0.481 e. The minimum absolute atomic E-state index is 0.266. The van der Waals surface area contributed by atoms with E-state index in [1.54, 1.807) is 12.1 Å². The van der Waals surface area contributed by atoms with Gasteiger partial charge in [0.15, 0.2) is 0 Å². The molecule has 0 saturated carbocycles. The van der Waals surface area contributed by atoms with E-state index < -0.39 is 5.60 Å². The van der Waals surface area contributed by atoms with E-state index in [2.05, 4.69) is 23.0 Å². The lowest BCUT2D eigenvalue weighted by atomic mass is 9.80. The first kappa shape index (κ1) is 18.0. The highest BCUT2D eigenvalue weighted by molar-refractivity contribution is 5.29. The summed E-state index contributed by atoms with van der Waals surface area (Å²) >= 11 is 0. The molecular weight excluding hydrogens is 341 g/mol. The zero-order chi connectivity index (χ0) is 18.9. The van der Waals surface area contributed by atoms with Crippen molar-refractivity contribution >= 4 is 0 Å². The lowest BCUT2D eigenvalue weighted by Gasteiger charge is -2.44. The highest BCUT2D eigenvalue weighted by Crippen LogP contribution is 2.46. The van der Waals surface area contributed by atoms with Crippen LogP contribution in [0.25, 0.3) is 0 Å². The molecule has 140 valence electrons. The Morgan fingerprint density at radius 2 is 1.70 bits per heavy atom. The van der Waals surface area contributed by atoms with E-state index in [1.807, 2.05) is 12.1 Å². The van der Waals surface area contributed by atoms with Crippen LogP contribution in [0.4, 0.5) is 4.39 Å². The molecule has 1 unspecified atom stereocenters. The molecule has 4 heteroatoms. The van der Waals surface area contributed by atoms with Gasteiger partial charge in [-0.1, -0.05) is 30.2 Å². The van der Waals surface area contributed by atoms with Gasteiger partial charge in [0.1, 0.15) is 18.2 Å². The normalized spacial score (nSPS) is 27.3. The molecule has 1 N–H and O–H groups in total. The van der Waals surface area contributed by atoms with Crippen LogP contribution in [0.15, 0.2) is 48.5 Å². The van der Waals surface area contributed by atoms with Crippen molar-refractivity contribution in [3.8, 4) is 18.1 Å². The molecule has 2 fully saturated rings. The van der Waals surface area contributed by atoms with Crippen LogP contribution in [0.1, 0.15) is 36.8 Å². The Labute approximate surface area is 159 Å². The fourth-order valence-corrected chi connectivity index (χ4v) is 4.60. The second-order valence-corrected chi connectivity index (χ2v) is 7.64. The van der Waals surface area contributed by atoms with Gasteiger partial charge in [-0.2, -0.15) is 0 Å². The first-order valence-corrected chi connectivity index (χ1v) is 9.47. The molecular formula is C23H24FNO2. The minimum atomic E-state index is -0.858. The molecule has 0 aliphatic carbocycles. The highest BCUT2D eigenvalue weighted by atomic mass is 19.1. The number of benzene rings is 2. The third-order valence-corrected chi connectivity index (χ3v) is 5.91. The SMILES string of the molecule is C#CCOc1ccc(CN2[C@@H]3CC[C@H]2CC(O)(c2ccc(F)cc2)C3)cc1. The van der Waals surface area contributed by atoms with Crippen LogP contribution in [-0.2, 0) is 12.1 Å². The monoisotopic (exact) mass is 365 g/mol. The summed E-state index contributed by atoms with van der Waals surface area (Å²) in [6.07, 6.45) is 8.79. The van der Waals surface area contributed by atoms with Gasteiger partial charge < -0.3 is 9.84 Å². The number of nitrogens with zero attached hydrogens (tertiary/aromatic N) is 1. The van der Waals surface area contributed by atoms with Gasteiger partial charge in [-0.05, 0) is 61.1 Å². The standard InChI is InChI=1S/C23H24FNO2/c1-2-13-27-22-11-3-17(4-12-22)16-25-20-9-10-21(25)15-23(26,14-20)18-5-7-19(24)8-6-18/h1,3-8,11-12,20-21,26H,9-10,13-16H2/t20-,21+,23?. The molecule has 0 amide bonds. The Kier molecular flexibility index (Phi) is 4.90. The maximum Gasteiger partial charge on any atom is 0.148 e. The molecule has 27 heavy (non-hydrogen) atoms. The summed E-state index contributed by atoms with van der Waals surface area (Å²) in [5.41, 5.74) is 1.20. The molecule has 2 aliphatic heterocycles. The van der Waals surface area contributed by atoms with E-state index in [0.717, 1.165) is 30.7 Å². The van der Waals surface area contributed by atoms with E-state index in [4.69, 9.17) is 11.2 Å². The number of fused-ring (bicyclic) bond motifs is 2. The zero-order valence-corrected chi connectivity index (χ0v) is 15.3. The lowest BCUT2D eigenvalue weighted by Crippen LogP contribution is -2.49. The average Bonchev–Trinajstić information content (AvgIpc) is 2.91. The second-order valence-electron chi connectivity index (χ2n) is 7.64. The predicted molar refractivity (Wildman–Crippen MR) is 103 cm³/mol. The van der Waals surface area contributed by atoms with E-state index in [1.165, 1.54) is 17.7 Å². The summed E-state index contributed by atoms with van der Waals surface area (Å²) in [7, 11) is 0. The molecule has 2 aromatic rings. The first-order valence-electron chi connectivity index (χ1n) is 9.47. The van der Waals surface area contributed by atoms with Gasteiger partial charge in [0.2, 0.25) is 0 Å². The van der Waals surface area contributed by atoms with Gasteiger partial charge >= 0.3 is 0 Å². The summed E-state index contributed by atoms with van der Waals surface area (Å²) in [6, 6.07) is 15.1. The van der Waals surface area contributed by atoms with Crippen molar-refractivity contribution in [3.05, 3.63) is 65.5 Å². The van der Waals surface area contributed by atoms with Crippen LogP contribution in [0.2, 0.25) is 0 Å². The van der Waals surface area contributed by atoms with Crippen molar-refractivity contribution in [2.45, 2.75) is 49.9 Å². The van der Waals surface area contributed by atoms with Gasteiger partial charge in [0.25, 0.3) is 0 Å². The van der Waals surface area contributed by atoms with E-state index in [-0.39, 0.29) is 12.4 Å². The van der Waals surface area contributed by atoms with Crippen molar-refractivity contribution < 1.29 is 14.2 Å². The maximum atomic E-state index is 13.2. The molecule has 0 spiro atoms. The van der Waals surface area contributed by atoms with Crippen LogP contribution in [0.3, 0.4) is 0 Å². The third-order valence-electron chi connectivity index (χ3n) is 5.91. The van der Waals surface area contributed by atoms with Crippen LogP contribution in [-0.4, -0.2) is 28.7 Å². The Bertz CT molecular complexity index is 811. The summed E-state index contributed by atoms with van der Waals surface area (Å²) in [4.78, 5) is 2.51. The van der Waals surface area contributed by atoms with Gasteiger partial charge in [0, 0.05) is 18.6 Å². The number of terminal acetylenes is 1. The molecule has 3 atom stereocenters. The summed E-state index contributed by atoms with van der Waals surface area (Å²) < 4.78 is 18.7. The van der Waals surface area contributed by atoms with Crippen LogP contribution < -0.4 is 4.74 Å². The van der Waals surface area contributed by atoms with Crippen molar-refractivity contribution in [2.75, 3.05) is 6.61 Å². The number of piperidine rings is 1. The van der Waals surface area contributed by atoms with Crippen LogP contribution >= 0.6 is 0 Å². The van der Waals surface area contributed by atoms with Crippen LogP contribution in [0.5, 0.6) is 5.75 Å². The number of hydrogen-bond donors (Lipinski definition) is 1. The maximum absolute atomic E-state index is 13.2. The topological polar surface area (TPSA) is 32.7 Å². The molecule has 2 heterocycles. The smallest absolute Gasteiger partial charge is 0.148 e.